The highest BCUT2D eigenvalue weighted by Crippen LogP contribution is 2.32. The lowest BCUT2D eigenvalue weighted by molar-refractivity contribution is 0.313. The molecule has 4 nitrogen and oxygen atoms in total. The van der Waals surface area contributed by atoms with E-state index in [-0.39, 0.29) is 11.2 Å². The van der Waals surface area contributed by atoms with Crippen LogP contribution >= 0.6 is 0 Å². The third kappa shape index (κ3) is 4.02. The molecule has 3 aromatic carbocycles. The molecule has 1 aromatic heterocycles. The van der Waals surface area contributed by atoms with Crippen molar-refractivity contribution in [1.29, 1.82) is 0 Å². The Morgan fingerprint density at radius 1 is 0.931 bits per heavy atom. The van der Waals surface area contributed by atoms with E-state index in [9.17, 15) is 4.79 Å². The first-order valence-electron chi connectivity index (χ1n) is 9.54. The van der Waals surface area contributed by atoms with E-state index in [1.165, 1.54) is 0 Å². The minimum atomic E-state index is -0.158. The average Bonchev–Trinajstić information content (AvgIpc) is 2.76. The van der Waals surface area contributed by atoms with Crippen LogP contribution in [0.1, 0.15) is 11.1 Å². The van der Waals surface area contributed by atoms with Crippen molar-refractivity contribution in [1.82, 2.24) is 0 Å². The summed E-state index contributed by atoms with van der Waals surface area (Å²) in [4.78, 5) is 13.2. The van der Waals surface area contributed by atoms with Crippen molar-refractivity contribution in [2.24, 2.45) is 0 Å². The van der Waals surface area contributed by atoms with Gasteiger partial charge < -0.3 is 13.9 Å². The molecule has 0 unspecified atom stereocenters. The van der Waals surface area contributed by atoms with Gasteiger partial charge in [0.05, 0.1) is 19.1 Å². The van der Waals surface area contributed by atoms with Crippen LogP contribution < -0.4 is 14.9 Å². The Morgan fingerprint density at radius 3 is 2.41 bits per heavy atom. The van der Waals surface area contributed by atoms with Crippen molar-refractivity contribution in [3.8, 4) is 22.8 Å². The van der Waals surface area contributed by atoms with E-state index in [4.69, 9.17) is 13.9 Å². The average molecular weight is 386 g/mol. The highest BCUT2D eigenvalue weighted by Gasteiger charge is 2.18. The smallest absolute Gasteiger partial charge is 0.235 e. The standard InChI is InChI=1S/C25H22O4/c1-17-8-13-22-21(16-17)23(26)25(28-15-14-18-6-4-3-5-7-18)24(29-22)19-9-11-20(27-2)12-10-19/h3-13,16H,14-15H2,1-2H3. The molecule has 0 spiro atoms. The summed E-state index contributed by atoms with van der Waals surface area (Å²) < 4.78 is 17.4. The molecule has 4 aromatic rings. The lowest BCUT2D eigenvalue weighted by Crippen LogP contribution is -2.12. The number of methoxy groups -OCH3 is 1. The molecule has 0 saturated heterocycles. The molecule has 4 rings (SSSR count). The van der Waals surface area contributed by atoms with Gasteiger partial charge >= 0.3 is 0 Å². The lowest BCUT2D eigenvalue weighted by atomic mass is 10.1. The lowest BCUT2D eigenvalue weighted by Gasteiger charge is -2.12. The van der Waals surface area contributed by atoms with E-state index in [1.807, 2.05) is 79.7 Å². The predicted octanol–water partition coefficient (Wildman–Crippen LogP) is 5.40. The van der Waals surface area contributed by atoms with Gasteiger partial charge in [0, 0.05) is 12.0 Å². The van der Waals surface area contributed by atoms with Crippen molar-refractivity contribution in [3.05, 3.63) is 94.1 Å². The Kier molecular flexibility index (Phi) is 5.34. The summed E-state index contributed by atoms with van der Waals surface area (Å²) in [6, 6.07) is 23.0. The van der Waals surface area contributed by atoms with Gasteiger partial charge in [-0.05, 0) is 48.9 Å². The fourth-order valence-corrected chi connectivity index (χ4v) is 3.27. The van der Waals surface area contributed by atoms with Gasteiger partial charge in [-0.15, -0.1) is 0 Å². The first-order valence-corrected chi connectivity index (χ1v) is 9.54. The van der Waals surface area contributed by atoms with Crippen LogP contribution in [-0.2, 0) is 6.42 Å². The number of benzene rings is 3. The largest absolute Gasteiger partial charge is 0.497 e. The SMILES string of the molecule is COc1ccc(-c2oc3ccc(C)cc3c(=O)c2OCCc2ccccc2)cc1. The van der Waals surface area contributed by atoms with Crippen LogP contribution in [0.4, 0.5) is 0 Å². The highest BCUT2D eigenvalue weighted by atomic mass is 16.5. The second-order valence-corrected chi connectivity index (χ2v) is 6.90. The summed E-state index contributed by atoms with van der Waals surface area (Å²) in [6.07, 6.45) is 0.703. The van der Waals surface area contributed by atoms with Gasteiger partial charge in [0.15, 0.2) is 5.76 Å². The van der Waals surface area contributed by atoms with Crippen molar-refractivity contribution in [2.45, 2.75) is 13.3 Å². The molecule has 29 heavy (non-hydrogen) atoms. The van der Waals surface area contributed by atoms with Crippen LogP contribution in [0.3, 0.4) is 0 Å². The summed E-state index contributed by atoms with van der Waals surface area (Å²) in [6.45, 7) is 2.33. The van der Waals surface area contributed by atoms with E-state index < -0.39 is 0 Å². The number of hydrogen-bond donors (Lipinski definition) is 0. The molecule has 146 valence electrons. The maximum absolute atomic E-state index is 13.2. The first-order chi connectivity index (χ1) is 14.2. The van der Waals surface area contributed by atoms with Gasteiger partial charge in [-0.25, -0.2) is 0 Å². The van der Waals surface area contributed by atoms with Crippen LogP contribution in [0.25, 0.3) is 22.3 Å². The van der Waals surface area contributed by atoms with Crippen molar-refractivity contribution in [3.63, 3.8) is 0 Å². The molecular formula is C25H22O4. The second-order valence-electron chi connectivity index (χ2n) is 6.90. The zero-order chi connectivity index (χ0) is 20.2. The molecule has 0 aliphatic heterocycles. The van der Waals surface area contributed by atoms with E-state index in [0.717, 1.165) is 22.4 Å². The summed E-state index contributed by atoms with van der Waals surface area (Å²) in [7, 11) is 1.62. The van der Waals surface area contributed by atoms with Gasteiger partial charge in [0.1, 0.15) is 11.3 Å². The maximum Gasteiger partial charge on any atom is 0.235 e. The van der Waals surface area contributed by atoms with Gasteiger partial charge in [-0.1, -0.05) is 42.0 Å². The predicted molar refractivity (Wildman–Crippen MR) is 115 cm³/mol. The monoisotopic (exact) mass is 386 g/mol. The van der Waals surface area contributed by atoms with Crippen LogP contribution in [0.5, 0.6) is 11.5 Å². The number of rotatable bonds is 6. The number of fused-ring (bicyclic) bond motifs is 1. The summed E-state index contributed by atoms with van der Waals surface area (Å²) >= 11 is 0. The Bertz CT molecular complexity index is 1180. The Balaban J connectivity index is 1.76. The summed E-state index contributed by atoms with van der Waals surface area (Å²) in [5, 5.41) is 0.525. The van der Waals surface area contributed by atoms with Crippen LogP contribution in [0.2, 0.25) is 0 Å². The molecule has 0 aliphatic carbocycles. The molecule has 0 fully saturated rings. The second kappa shape index (κ2) is 8.23. The molecular weight excluding hydrogens is 364 g/mol. The summed E-state index contributed by atoms with van der Waals surface area (Å²) in [5.41, 5.74) is 3.30. The van der Waals surface area contributed by atoms with Crippen molar-refractivity contribution >= 4 is 11.0 Å². The zero-order valence-electron chi connectivity index (χ0n) is 16.5. The molecule has 0 radical (unpaired) electrons. The molecule has 0 atom stereocenters. The number of hydrogen-bond acceptors (Lipinski definition) is 4. The minimum Gasteiger partial charge on any atom is -0.497 e. The quantitative estimate of drug-likeness (QED) is 0.445. The molecule has 0 amide bonds. The van der Waals surface area contributed by atoms with Crippen molar-refractivity contribution in [2.75, 3.05) is 13.7 Å². The molecule has 0 N–H and O–H groups in total. The van der Waals surface area contributed by atoms with Crippen LogP contribution in [0, 0.1) is 6.92 Å². The Labute approximate surface area is 169 Å². The molecule has 0 saturated carbocycles. The topological polar surface area (TPSA) is 48.7 Å². The van der Waals surface area contributed by atoms with E-state index in [1.54, 1.807) is 7.11 Å². The van der Waals surface area contributed by atoms with Gasteiger partial charge in [0.2, 0.25) is 11.2 Å². The third-order valence-electron chi connectivity index (χ3n) is 4.84. The molecule has 0 bridgehead atoms. The first kappa shape index (κ1) is 18.8. The van der Waals surface area contributed by atoms with Crippen LogP contribution in [0.15, 0.2) is 82.0 Å². The fourth-order valence-electron chi connectivity index (χ4n) is 3.27. The Morgan fingerprint density at radius 2 is 1.69 bits per heavy atom. The van der Waals surface area contributed by atoms with E-state index >= 15 is 0 Å². The fraction of sp³-hybridized carbons (Fsp3) is 0.160. The van der Waals surface area contributed by atoms with E-state index in [2.05, 4.69) is 0 Å². The Hall–Kier alpha value is -3.53. The normalized spacial score (nSPS) is 10.8. The zero-order valence-corrected chi connectivity index (χ0v) is 16.5. The van der Waals surface area contributed by atoms with Gasteiger partial charge in [0.25, 0.3) is 0 Å². The minimum absolute atomic E-state index is 0.158. The maximum atomic E-state index is 13.2. The summed E-state index contributed by atoms with van der Waals surface area (Å²) in [5.74, 6) is 1.41. The highest BCUT2D eigenvalue weighted by molar-refractivity contribution is 5.82. The molecule has 4 heteroatoms. The molecule has 0 aliphatic rings. The number of ether oxygens (including phenoxy) is 2. The van der Waals surface area contributed by atoms with Gasteiger partial charge in [-0.2, -0.15) is 0 Å². The van der Waals surface area contributed by atoms with Gasteiger partial charge in [-0.3, -0.25) is 4.79 Å². The van der Waals surface area contributed by atoms with Crippen molar-refractivity contribution < 1.29 is 13.9 Å². The van der Waals surface area contributed by atoms with E-state index in [0.29, 0.717) is 29.8 Å². The molecule has 1 heterocycles. The number of aryl methyl sites for hydroxylation is 1. The third-order valence-corrected chi connectivity index (χ3v) is 4.84. The van der Waals surface area contributed by atoms with Crippen LogP contribution in [-0.4, -0.2) is 13.7 Å².